The Labute approximate surface area is 99.4 Å². The molecule has 0 spiro atoms. The van der Waals surface area contributed by atoms with Gasteiger partial charge in [-0.25, -0.2) is 0 Å². The molecule has 2 unspecified atom stereocenters. The first-order valence-corrected chi connectivity index (χ1v) is 6.43. The van der Waals surface area contributed by atoms with Crippen LogP contribution in [0.2, 0.25) is 0 Å². The van der Waals surface area contributed by atoms with E-state index in [0.29, 0.717) is 5.92 Å². The molecule has 1 fully saturated rings. The quantitative estimate of drug-likeness (QED) is 0.772. The highest BCUT2D eigenvalue weighted by atomic mass is 16.2. The average molecular weight is 226 g/mol. The van der Waals surface area contributed by atoms with E-state index >= 15 is 0 Å². The van der Waals surface area contributed by atoms with Crippen molar-refractivity contribution in [3.05, 3.63) is 0 Å². The van der Waals surface area contributed by atoms with E-state index in [1.165, 1.54) is 12.8 Å². The number of rotatable bonds is 3. The van der Waals surface area contributed by atoms with Gasteiger partial charge in [-0.1, -0.05) is 34.1 Å². The molecule has 1 aliphatic rings. The number of carbonyl (C=O) groups excluding carboxylic acids is 1. The third-order valence-electron chi connectivity index (χ3n) is 3.20. The first-order chi connectivity index (χ1) is 7.42. The van der Waals surface area contributed by atoms with Crippen molar-refractivity contribution in [2.24, 2.45) is 11.3 Å². The molecule has 2 atom stereocenters. The molecule has 2 N–H and O–H groups in total. The number of hydrogen-bond acceptors (Lipinski definition) is 2. The number of piperidine rings is 1. The van der Waals surface area contributed by atoms with Crippen LogP contribution in [0.25, 0.3) is 0 Å². The smallest absolute Gasteiger partial charge is 0.237 e. The molecule has 3 nitrogen and oxygen atoms in total. The zero-order valence-corrected chi connectivity index (χ0v) is 11.1. The monoisotopic (exact) mass is 226 g/mol. The Hall–Kier alpha value is -0.570. The van der Waals surface area contributed by atoms with Crippen molar-refractivity contribution in [2.75, 3.05) is 13.1 Å². The Kier molecular flexibility index (Phi) is 4.78. The van der Waals surface area contributed by atoms with Crippen molar-refractivity contribution in [1.82, 2.24) is 10.6 Å². The largest absolute Gasteiger partial charge is 0.354 e. The lowest BCUT2D eigenvalue weighted by molar-refractivity contribution is -0.124. The molecular formula is C13H26N2O. The van der Waals surface area contributed by atoms with Gasteiger partial charge < -0.3 is 10.6 Å². The van der Waals surface area contributed by atoms with Gasteiger partial charge in [-0.05, 0) is 30.7 Å². The minimum Gasteiger partial charge on any atom is -0.354 e. The van der Waals surface area contributed by atoms with Gasteiger partial charge in [0.25, 0.3) is 0 Å². The molecule has 1 aliphatic heterocycles. The van der Waals surface area contributed by atoms with Gasteiger partial charge in [0.1, 0.15) is 0 Å². The summed E-state index contributed by atoms with van der Waals surface area (Å²) < 4.78 is 0. The van der Waals surface area contributed by atoms with E-state index < -0.39 is 0 Å². The summed E-state index contributed by atoms with van der Waals surface area (Å²) in [5.74, 6) is 0.889. The van der Waals surface area contributed by atoms with Crippen molar-refractivity contribution in [1.29, 1.82) is 0 Å². The van der Waals surface area contributed by atoms with Gasteiger partial charge in [-0.3, -0.25) is 4.79 Å². The maximum absolute atomic E-state index is 11.9. The lowest BCUT2D eigenvalue weighted by atomic mass is 9.89. The molecule has 0 bridgehead atoms. The van der Waals surface area contributed by atoms with E-state index in [1.54, 1.807) is 0 Å². The molecule has 1 amide bonds. The van der Waals surface area contributed by atoms with Gasteiger partial charge in [-0.15, -0.1) is 0 Å². The normalized spacial score (nSPS) is 26.5. The summed E-state index contributed by atoms with van der Waals surface area (Å²) in [4.78, 5) is 11.9. The van der Waals surface area contributed by atoms with Crippen LogP contribution in [-0.2, 0) is 4.79 Å². The summed E-state index contributed by atoms with van der Waals surface area (Å²) in [7, 11) is 0. The Morgan fingerprint density at radius 3 is 2.69 bits per heavy atom. The molecule has 0 aromatic heterocycles. The molecule has 94 valence electrons. The van der Waals surface area contributed by atoms with E-state index in [9.17, 15) is 4.79 Å². The summed E-state index contributed by atoms with van der Waals surface area (Å²) in [5.41, 5.74) is 0.161. The van der Waals surface area contributed by atoms with E-state index in [4.69, 9.17) is 0 Å². The predicted octanol–water partition coefficient (Wildman–Crippen LogP) is 1.93. The molecule has 0 radical (unpaired) electrons. The van der Waals surface area contributed by atoms with Crippen LogP contribution in [0.3, 0.4) is 0 Å². The Bertz CT molecular complexity index is 233. The maximum atomic E-state index is 11.9. The summed E-state index contributed by atoms with van der Waals surface area (Å²) in [5, 5.41) is 6.34. The Balaban J connectivity index is 2.36. The second kappa shape index (κ2) is 5.67. The van der Waals surface area contributed by atoms with Gasteiger partial charge in [0.05, 0.1) is 6.04 Å². The molecule has 0 saturated carbocycles. The van der Waals surface area contributed by atoms with Crippen molar-refractivity contribution >= 4 is 5.91 Å². The summed E-state index contributed by atoms with van der Waals surface area (Å²) >= 11 is 0. The lowest BCUT2D eigenvalue weighted by Crippen LogP contribution is -2.50. The highest BCUT2D eigenvalue weighted by molar-refractivity contribution is 5.81. The SMILES string of the molecule is CCC1CCNC(C(=O)NCC(C)(C)C)C1. The molecule has 1 saturated heterocycles. The van der Waals surface area contributed by atoms with Crippen LogP contribution in [0.4, 0.5) is 0 Å². The fourth-order valence-corrected chi connectivity index (χ4v) is 2.04. The van der Waals surface area contributed by atoms with E-state index in [0.717, 1.165) is 19.5 Å². The second-order valence-corrected chi connectivity index (χ2v) is 6.08. The van der Waals surface area contributed by atoms with Crippen molar-refractivity contribution in [3.63, 3.8) is 0 Å². The first-order valence-electron chi connectivity index (χ1n) is 6.43. The van der Waals surface area contributed by atoms with E-state index in [2.05, 4.69) is 38.3 Å². The molecule has 0 aliphatic carbocycles. The fraction of sp³-hybridized carbons (Fsp3) is 0.923. The minimum atomic E-state index is 0.0287. The number of nitrogens with one attached hydrogen (secondary N) is 2. The summed E-state index contributed by atoms with van der Waals surface area (Å²) in [6, 6.07) is 0.0287. The van der Waals surface area contributed by atoms with Gasteiger partial charge >= 0.3 is 0 Å². The Morgan fingerprint density at radius 2 is 2.12 bits per heavy atom. The van der Waals surface area contributed by atoms with Crippen LogP contribution in [0.1, 0.15) is 47.0 Å². The Morgan fingerprint density at radius 1 is 1.44 bits per heavy atom. The van der Waals surface area contributed by atoms with Crippen LogP contribution >= 0.6 is 0 Å². The lowest BCUT2D eigenvalue weighted by Gasteiger charge is -2.30. The van der Waals surface area contributed by atoms with Gasteiger partial charge in [-0.2, -0.15) is 0 Å². The summed E-state index contributed by atoms with van der Waals surface area (Å²) in [6.07, 6.45) is 3.39. The summed E-state index contributed by atoms with van der Waals surface area (Å²) in [6.45, 7) is 10.3. The van der Waals surface area contributed by atoms with E-state index in [1.807, 2.05) is 0 Å². The highest BCUT2D eigenvalue weighted by Gasteiger charge is 2.26. The molecule has 0 aromatic rings. The van der Waals surface area contributed by atoms with Crippen LogP contribution in [-0.4, -0.2) is 25.0 Å². The molecule has 3 heteroatoms. The van der Waals surface area contributed by atoms with Crippen LogP contribution in [0, 0.1) is 11.3 Å². The fourth-order valence-electron chi connectivity index (χ4n) is 2.04. The molecular weight excluding hydrogens is 200 g/mol. The average Bonchev–Trinajstić information content (AvgIpc) is 2.25. The molecule has 1 heterocycles. The van der Waals surface area contributed by atoms with Crippen LogP contribution in [0.5, 0.6) is 0 Å². The number of carbonyl (C=O) groups is 1. The minimum absolute atomic E-state index is 0.0287. The maximum Gasteiger partial charge on any atom is 0.237 e. The standard InChI is InChI=1S/C13H26N2O/c1-5-10-6-7-14-11(8-10)12(16)15-9-13(2,3)4/h10-11,14H,5-9H2,1-4H3,(H,15,16). The zero-order chi connectivity index (χ0) is 12.2. The third kappa shape index (κ3) is 4.52. The van der Waals surface area contributed by atoms with Crippen LogP contribution < -0.4 is 10.6 Å². The molecule has 16 heavy (non-hydrogen) atoms. The third-order valence-corrected chi connectivity index (χ3v) is 3.20. The topological polar surface area (TPSA) is 41.1 Å². The number of hydrogen-bond donors (Lipinski definition) is 2. The first kappa shape index (κ1) is 13.5. The number of amides is 1. The van der Waals surface area contributed by atoms with E-state index in [-0.39, 0.29) is 17.4 Å². The van der Waals surface area contributed by atoms with Crippen molar-refractivity contribution < 1.29 is 4.79 Å². The molecule has 0 aromatic carbocycles. The van der Waals surface area contributed by atoms with Crippen molar-refractivity contribution in [3.8, 4) is 0 Å². The van der Waals surface area contributed by atoms with Gasteiger partial charge in [0.2, 0.25) is 5.91 Å². The predicted molar refractivity (Wildman–Crippen MR) is 67.3 cm³/mol. The molecule has 1 rings (SSSR count). The van der Waals surface area contributed by atoms with Crippen LogP contribution in [0.15, 0.2) is 0 Å². The van der Waals surface area contributed by atoms with Gasteiger partial charge in [0.15, 0.2) is 0 Å². The zero-order valence-electron chi connectivity index (χ0n) is 11.1. The van der Waals surface area contributed by atoms with Crippen molar-refractivity contribution in [2.45, 2.75) is 53.0 Å². The second-order valence-electron chi connectivity index (χ2n) is 6.08. The highest BCUT2D eigenvalue weighted by Crippen LogP contribution is 2.19. The van der Waals surface area contributed by atoms with Gasteiger partial charge in [0, 0.05) is 6.54 Å².